The molecule has 0 atom stereocenters. The lowest BCUT2D eigenvalue weighted by atomic mass is 10.1. The van der Waals surface area contributed by atoms with Crippen molar-refractivity contribution in [3.8, 4) is 0 Å². The van der Waals surface area contributed by atoms with E-state index in [1.165, 1.54) is 12.1 Å². The van der Waals surface area contributed by atoms with E-state index in [0.29, 0.717) is 12.1 Å². The Kier molecular flexibility index (Phi) is 2.71. The summed E-state index contributed by atoms with van der Waals surface area (Å²) >= 11 is 0. The van der Waals surface area contributed by atoms with Crippen molar-refractivity contribution in [3.05, 3.63) is 41.7 Å². The van der Waals surface area contributed by atoms with Crippen LogP contribution >= 0.6 is 0 Å². The molecule has 1 N–H and O–H groups in total. The molecule has 1 aromatic carbocycles. The van der Waals surface area contributed by atoms with Crippen molar-refractivity contribution >= 4 is 5.69 Å². The van der Waals surface area contributed by atoms with Crippen LogP contribution in [0.3, 0.4) is 0 Å². The monoisotopic (exact) mass is 248 g/mol. The van der Waals surface area contributed by atoms with Crippen LogP contribution in [0.2, 0.25) is 0 Å². The first kappa shape index (κ1) is 11.2. The topological polar surface area (TPSA) is 54.2 Å². The molecule has 1 aliphatic heterocycles. The molecule has 0 saturated carbocycles. The smallest absolute Gasteiger partial charge is 0.152 e. The summed E-state index contributed by atoms with van der Waals surface area (Å²) < 4.78 is 15.4. The van der Waals surface area contributed by atoms with Gasteiger partial charge in [-0.25, -0.2) is 4.39 Å². The van der Waals surface area contributed by atoms with Crippen LogP contribution in [0.15, 0.2) is 24.5 Å². The Morgan fingerprint density at radius 3 is 3.00 bits per heavy atom. The molecular formula is C12H13FN4O. The zero-order valence-corrected chi connectivity index (χ0v) is 9.75. The van der Waals surface area contributed by atoms with Gasteiger partial charge in [0, 0.05) is 18.8 Å². The molecule has 0 saturated heterocycles. The molecule has 2 heterocycles. The van der Waals surface area contributed by atoms with E-state index in [0.717, 1.165) is 24.6 Å². The van der Waals surface area contributed by atoms with E-state index in [1.807, 2.05) is 9.47 Å². The molecular weight excluding hydrogens is 235 g/mol. The lowest BCUT2D eigenvalue weighted by Crippen LogP contribution is -2.33. The van der Waals surface area contributed by atoms with Crippen LogP contribution in [0.1, 0.15) is 11.4 Å². The van der Waals surface area contributed by atoms with Gasteiger partial charge in [-0.15, -0.1) is 10.2 Å². The third kappa shape index (κ3) is 1.95. The number of fused-ring (bicyclic) bond motifs is 1. The van der Waals surface area contributed by atoms with Crippen molar-refractivity contribution in [1.82, 2.24) is 14.8 Å². The summed E-state index contributed by atoms with van der Waals surface area (Å²) in [6, 6.07) is 4.62. The number of aliphatic hydroxyl groups excluding tert-OH is 1. The Morgan fingerprint density at radius 2 is 2.17 bits per heavy atom. The highest BCUT2D eigenvalue weighted by Gasteiger charge is 2.18. The number of nitrogens with zero attached hydrogens (tertiary/aromatic N) is 4. The van der Waals surface area contributed by atoms with Gasteiger partial charge in [-0.1, -0.05) is 0 Å². The molecule has 0 amide bonds. The molecule has 0 aliphatic carbocycles. The Bertz CT molecular complexity index is 569. The van der Waals surface area contributed by atoms with Crippen molar-refractivity contribution in [2.45, 2.75) is 19.7 Å². The molecule has 3 rings (SSSR count). The molecule has 0 spiro atoms. The van der Waals surface area contributed by atoms with E-state index in [4.69, 9.17) is 5.11 Å². The van der Waals surface area contributed by atoms with E-state index in [2.05, 4.69) is 10.2 Å². The third-order valence-electron chi connectivity index (χ3n) is 3.13. The molecule has 5 nitrogen and oxygen atoms in total. The van der Waals surface area contributed by atoms with E-state index < -0.39 is 0 Å². The molecule has 0 bridgehead atoms. The second-order valence-electron chi connectivity index (χ2n) is 4.34. The van der Waals surface area contributed by atoms with Crippen molar-refractivity contribution < 1.29 is 9.50 Å². The molecule has 94 valence electrons. The van der Waals surface area contributed by atoms with Gasteiger partial charge in [0.25, 0.3) is 0 Å². The minimum Gasteiger partial charge on any atom is -0.392 e. The molecule has 18 heavy (non-hydrogen) atoms. The molecule has 0 radical (unpaired) electrons. The van der Waals surface area contributed by atoms with Crippen LogP contribution in [0.25, 0.3) is 0 Å². The van der Waals surface area contributed by atoms with Crippen molar-refractivity contribution in [2.75, 3.05) is 11.4 Å². The highest BCUT2D eigenvalue weighted by Crippen LogP contribution is 2.22. The van der Waals surface area contributed by atoms with Crippen LogP contribution in [-0.2, 0) is 19.7 Å². The number of benzene rings is 1. The highest BCUT2D eigenvalue weighted by atomic mass is 19.1. The molecule has 1 aliphatic rings. The molecule has 1 aromatic heterocycles. The van der Waals surface area contributed by atoms with E-state index in [9.17, 15) is 4.39 Å². The second-order valence-corrected chi connectivity index (χ2v) is 4.34. The summed E-state index contributed by atoms with van der Waals surface area (Å²) in [7, 11) is 0. The van der Waals surface area contributed by atoms with Gasteiger partial charge in [0.15, 0.2) is 5.82 Å². The zero-order valence-electron chi connectivity index (χ0n) is 9.75. The fraction of sp³-hybridized carbons (Fsp3) is 0.333. The van der Waals surface area contributed by atoms with Gasteiger partial charge in [0.05, 0.1) is 13.2 Å². The number of rotatable bonds is 2. The molecule has 0 unspecified atom stereocenters. The Labute approximate surface area is 103 Å². The second kappa shape index (κ2) is 4.38. The summed E-state index contributed by atoms with van der Waals surface area (Å²) in [6.45, 7) is 2.01. The first-order chi connectivity index (χ1) is 8.76. The first-order valence-electron chi connectivity index (χ1n) is 5.78. The minimum atomic E-state index is -0.330. The Morgan fingerprint density at radius 1 is 1.28 bits per heavy atom. The van der Waals surface area contributed by atoms with E-state index >= 15 is 0 Å². The van der Waals surface area contributed by atoms with Gasteiger partial charge in [-0.3, -0.25) is 0 Å². The maximum Gasteiger partial charge on any atom is 0.152 e. The maximum absolute atomic E-state index is 13.4. The van der Waals surface area contributed by atoms with E-state index in [1.54, 1.807) is 12.4 Å². The average Bonchev–Trinajstić information content (AvgIpc) is 2.85. The fourth-order valence-electron chi connectivity index (χ4n) is 2.19. The van der Waals surface area contributed by atoms with Crippen molar-refractivity contribution in [1.29, 1.82) is 0 Å². The van der Waals surface area contributed by atoms with Gasteiger partial charge >= 0.3 is 0 Å². The largest absolute Gasteiger partial charge is 0.392 e. The van der Waals surface area contributed by atoms with Crippen molar-refractivity contribution in [3.63, 3.8) is 0 Å². The number of hydrogen-bond acceptors (Lipinski definition) is 4. The van der Waals surface area contributed by atoms with Crippen LogP contribution in [-0.4, -0.2) is 26.4 Å². The minimum absolute atomic E-state index is 0.158. The fourth-order valence-corrected chi connectivity index (χ4v) is 2.19. The summed E-state index contributed by atoms with van der Waals surface area (Å²) in [6.07, 6.45) is 1.71. The maximum atomic E-state index is 13.4. The summed E-state index contributed by atoms with van der Waals surface area (Å²) in [5, 5.41) is 17.0. The zero-order chi connectivity index (χ0) is 12.5. The SMILES string of the molecule is OCc1cc(F)cc(N2CCn3cnnc3C2)c1. The average molecular weight is 248 g/mol. The van der Waals surface area contributed by atoms with Crippen LogP contribution in [0.5, 0.6) is 0 Å². The first-order valence-corrected chi connectivity index (χ1v) is 5.78. The third-order valence-corrected chi connectivity index (χ3v) is 3.13. The predicted molar refractivity (Wildman–Crippen MR) is 63.4 cm³/mol. The van der Waals surface area contributed by atoms with Gasteiger partial charge in [-0.2, -0.15) is 0 Å². The van der Waals surface area contributed by atoms with Crippen LogP contribution in [0, 0.1) is 5.82 Å². The van der Waals surface area contributed by atoms with E-state index in [-0.39, 0.29) is 12.4 Å². The molecule has 0 fully saturated rings. The number of halogens is 1. The standard InChI is InChI=1S/C12H13FN4O/c13-10-3-9(7-18)4-11(5-10)16-1-2-17-8-14-15-12(17)6-16/h3-5,8,18H,1-2,6-7H2. The van der Waals surface area contributed by atoms with Gasteiger partial charge in [0.1, 0.15) is 12.1 Å². The quantitative estimate of drug-likeness (QED) is 0.859. The Hall–Kier alpha value is -1.95. The lowest BCUT2D eigenvalue weighted by Gasteiger charge is -2.29. The number of hydrogen-bond donors (Lipinski definition) is 1. The van der Waals surface area contributed by atoms with Gasteiger partial charge in [0.2, 0.25) is 0 Å². The molecule has 6 heteroatoms. The summed E-state index contributed by atoms with van der Waals surface area (Å²) in [4.78, 5) is 2.03. The van der Waals surface area contributed by atoms with Gasteiger partial charge in [-0.05, 0) is 23.8 Å². The number of aliphatic hydroxyl groups is 1. The number of aromatic nitrogens is 3. The van der Waals surface area contributed by atoms with Crippen LogP contribution < -0.4 is 4.90 Å². The normalized spacial score (nSPS) is 14.7. The lowest BCUT2D eigenvalue weighted by molar-refractivity contribution is 0.281. The predicted octanol–water partition coefficient (Wildman–Crippen LogP) is 0.930. The Balaban J connectivity index is 1.90. The van der Waals surface area contributed by atoms with Crippen molar-refractivity contribution in [2.24, 2.45) is 0 Å². The number of anilines is 1. The van der Waals surface area contributed by atoms with Gasteiger partial charge < -0.3 is 14.6 Å². The summed E-state index contributed by atoms with van der Waals surface area (Å²) in [5.41, 5.74) is 1.35. The summed E-state index contributed by atoms with van der Waals surface area (Å²) in [5.74, 6) is 0.541. The molecule has 2 aromatic rings. The van der Waals surface area contributed by atoms with Crippen LogP contribution in [0.4, 0.5) is 10.1 Å². The highest BCUT2D eigenvalue weighted by molar-refractivity contribution is 5.49.